The Labute approximate surface area is 131 Å². The van der Waals surface area contributed by atoms with Crippen LogP contribution in [0.5, 0.6) is 0 Å². The van der Waals surface area contributed by atoms with Crippen LogP contribution in [0.15, 0.2) is 18.3 Å². The zero-order chi connectivity index (χ0) is 15.3. The molecule has 2 N–H and O–H groups in total. The molecule has 0 atom stereocenters. The summed E-state index contributed by atoms with van der Waals surface area (Å²) in [4.78, 5) is 4.67. The Bertz CT molecular complexity index is 333. The van der Waals surface area contributed by atoms with Crippen LogP contribution in [0.2, 0.25) is 0 Å². The second kappa shape index (κ2) is 11.7. The van der Waals surface area contributed by atoms with Crippen molar-refractivity contribution in [3.63, 3.8) is 0 Å². The second-order valence-corrected chi connectivity index (χ2v) is 6.19. The summed E-state index contributed by atoms with van der Waals surface area (Å²) in [5.41, 5.74) is 8.07. The van der Waals surface area contributed by atoms with Gasteiger partial charge in [-0.3, -0.25) is 4.98 Å². The summed E-state index contributed by atoms with van der Waals surface area (Å²) < 4.78 is 0. The molecule has 0 amide bonds. The van der Waals surface area contributed by atoms with E-state index >= 15 is 0 Å². The molecule has 1 aromatic heterocycles. The molecule has 2 nitrogen and oxygen atoms in total. The van der Waals surface area contributed by atoms with Crippen LogP contribution in [0.4, 0.5) is 0 Å². The van der Waals surface area contributed by atoms with Crippen molar-refractivity contribution in [2.75, 3.05) is 0 Å². The minimum Gasteiger partial charge on any atom is -0.326 e. The lowest BCUT2D eigenvalue weighted by Gasteiger charge is -2.17. The van der Waals surface area contributed by atoms with E-state index in [1.807, 2.05) is 6.20 Å². The van der Waals surface area contributed by atoms with Gasteiger partial charge in [0, 0.05) is 24.4 Å². The average Bonchev–Trinajstić information content (AvgIpc) is 2.53. The topological polar surface area (TPSA) is 38.9 Å². The molecular weight excluding hydrogens is 256 g/mol. The van der Waals surface area contributed by atoms with Gasteiger partial charge in [0.15, 0.2) is 0 Å². The van der Waals surface area contributed by atoms with Crippen molar-refractivity contribution in [1.82, 2.24) is 4.98 Å². The standard InChI is InChI=1S/C19H34N2/c1-3-5-7-9-11-18(12-10-8-6-4-2)19-14-13-17(15-20)16-21-19/h13-14,16,18H,3-12,15,20H2,1-2H3. The summed E-state index contributed by atoms with van der Waals surface area (Å²) in [6.45, 7) is 5.13. The van der Waals surface area contributed by atoms with Gasteiger partial charge in [0.1, 0.15) is 0 Å². The largest absolute Gasteiger partial charge is 0.326 e. The zero-order valence-electron chi connectivity index (χ0n) is 14.1. The van der Waals surface area contributed by atoms with Gasteiger partial charge < -0.3 is 5.73 Å². The second-order valence-electron chi connectivity index (χ2n) is 6.19. The van der Waals surface area contributed by atoms with E-state index in [4.69, 9.17) is 5.73 Å². The molecule has 0 fully saturated rings. The Kier molecular flexibility index (Phi) is 10.1. The van der Waals surface area contributed by atoms with E-state index in [-0.39, 0.29) is 0 Å². The number of pyridine rings is 1. The van der Waals surface area contributed by atoms with Crippen molar-refractivity contribution in [2.45, 2.75) is 90.5 Å². The molecule has 1 aromatic rings. The normalized spacial score (nSPS) is 11.2. The first kappa shape index (κ1) is 18.2. The van der Waals surface area contributed by atoms with Crippen LogP contribution >= 0.6 is 0 Å². The number of unbranched alkanes of at least 4 members (excludes halogenated alkanes) is 6. The number of aromatic nitrogens is 1. The summed E-state index contributed by atoms with van der Waals surface area (Å²) in [5, 5.41) is 0. The third-order valence-corrected chi connectivity index (χ3v) is 4.31. The Morgan fingerprint density at radius 2 is 1.52 bits per heavy atom. The molecule has 2 heteroatoms. The van der Waals surface area contributed by atoms with Crippen molar-refractivity contribution in [3.8, 4) is 0 Å². The van der Waals surface area contributed by atoms with Gasteiger partial charge in [-0.15, -0.1) is 0 Å². The fraction of sp³-hybridized carbons (Fsp3) is 0.737. The molecule has 0 bridgehead atoms. The Balaban J connectivity index is 2.51. The summed E-state index contributed by atoms with van der Waals surface area (Å²) in [7, 11) is 0. The summed E-state index contributed by atoms with van der Waals surface area (Å²) in [6, 6.07) is 4.35. The van der Waals surface area contributed by atoms with Crippen molar-refractivity contribution in [1.29, 1.82) is 0 Å². The van der Waals surface area contributed by atoms with Crippen LogP contribution < -0.4 is 5.73 Å². The number of nitrogens with two attached hydrogens (primary N) is 1. The number of nitrogens with zero attached hydrogens (tertiary/aromatic N) is 1. The van der Waals surface area contributed by atoms with Gasteiger partial charge in [-0.05, 0) is 24.5 Å². The van der Waals surface area contributed by atoms with E-state index in [0.717, 1.165) is 5.56 Å². The highest BCUT2D eigenvalue weighted by molar-refractivity contribution is 5.16. The molecule has 0 saturated heterocycles. The fourth-order valence-electron chi connectivity index (χ4n) is 2.87. The molecule has 0 aliphatic carbocycles. The Morgan fingerprint density at radius 3 is 1.95 bits per heavy atom. The predicted octanol–water partition coefficient (Wildman–Crippen LogP) is 5.56. The van der Waals surface area contributed by atoms with Gasteiger partial charge in [-0.2, -0.15) is 0 Å². The smallest absolute Gasteiger partial charge is 0.0434 e. The maximum atomic E-state index is 5.66. The molecular formula is C19H34N2. The van der Waals surface area contributed by atoms with E-state index in [9.17, 15) is 0 Å². The van der Waals surface area contributed by atoms with Gasteiger partial charge in [-0.1, -0.05) is 71.3 Å². The molecule has 0 aliphatic heterocycles. The number of rotatable bonds is 12. The van der Waals surface area contributed by atoms with E-state index in [1.54, 1.807) is 0 Å². The average molecular weight is 290 g/mol. The van der Waals surface area contributed by atoms with Gasteiger partial charge in [-0.25, -0.2) is 0 Å². The van der Waals surface area contributed by atoms with Gasteiger partial charge in [0.05, 0.1) is 0 Å². The van der Waals surface area contributed by atoms with Crippen molar-refractivity contribution >= 4 is 0 Å². The molecule has 0 radical (unpaired) electrons. The quantitative estimate of drug-likeness (QED) is 0.511. The van der Waals surface area contributed by atoms with Crippen LogP contribution in [-0.2, 0) is 6.54 Å². The van der Waals surface area contributed by atoms with Crippen LogP contribution in [-0.4, -0.2) is 4.98 Å². The van der Waals surface area contributed by atoms with E-state index in [2.05, 4.69) is 31.0 Å². The van der Waals surface area contributed by atoms with E-state index in [1.165, 1.54) is 69.9 Å². The molecule has 21 heavy (non-hydrogen) atoms. The zero-order valence-corrected chi connectivity index (χ0v) is 14.1. The molecule has 0 spiro atoms. The van der Waals surface area contributed by atoms with Gasteiger partial charge >= 0.3 is 0 Å². The van der Waals surface area contributed by atoms with Gasteiger partial charge in [0.2, 0.25) is 0 Å². The van der Waals surface area contributed by atoms with Crippen LogP contribution in [0, 0.1) is 0 Å². The highest BCUT2D eigenvalue weighted by atomic mass is 14.7. The number of hydrogen-bond donors (Lipinski definition) is 1. The summed E-state index contributed by atoms with van der Waals surface area (Å²) >= 11 is 0. The van der Waals surface area contributed by atoms with E-state index < -0.39 is 0 Å². The van der Waals surface area contributed by atoms with Crippen LogP contribution in [0.25, 0.3) is 0 Å². The van der Waals surface area contributed by atoms with Gasteiger partial charge in [0.25, 0.3) is 0 Å². The van der Waals surface area contributed by atoms with Crippen LogP contribution in [0.1, 0.15) is 95.2 Å². The summed E-state index contributed by atoms with van der Waals surface area (Å²) in [6.07, 6.45) is 15.3. The molecule has 0 aromatic carbocycles. The first-order valence-corrected chi connectivity index (χ1v) is 8.96. The molecule has 1 heterocycles. The van der Waals surface area contributed by atoms with Crippen LogP contribution in [0.3, 0.4) is 0 Å². The lowest BCUT2D eigenvalue weighted by atomic mass is 9.91. The minimum absolute atomic E-state index is 0.588. The van der Waals surface area contributed by atoms with Crippen molar-refractivity contribution < 1.29 is 0 Å². The predicted molar refractivity (Wildman–Crippen MR) is 92.4 cm³/mol. The molecule has 0 unspecified atom stereocenters. The minimum atomic E-state index is 0.588. The fourth-order valence-corrected chi connectivity index (χ4v) is 2.87. The molecule has 0 aliphatic rings. The highest BCUT2D eigenvalue weighted by Gasteiger charge is 2.12. The maximum Gasteiger partial charge on any atom is 0.0434 e. The first-order chi connectivity index (χ1) is 10.3. The summed E-state index contributed by atoms with van der Waals surface area (Å²) in [5.74, 6) is 0.644. The Hall–Kier alpha value is -0.890. The van der Waals surface area contributed by atoms with Crippen molar-refractivity contribution in [3.05, 3.63) is 29.6 Å². The molecule has 1 rings (SSSR count). The highest BCUT2D eigenvalue weighted by Crippen LogP contribution is 2.27. The lowest BCUT2D eigenvalue weighted by Crippen LogP contribution is -2.04. The van der Waals surface area contributed by atoms with E-state index in [0.29, 0.717) is 12.5 Å². The maximum absolute atomic E-state index is 5.66. The molecule has 120 valence electrons. The Morgan fingerprint density at radius 1 is 0.905 bits per heavy atom. The SMILES string of the molecule is CCCCCCC(CCCCCC)c1ccc(CN)cn1. The lowest BCUT2D eigenvalue weighted by molar-refractivity contribution is 0.488. The first-order valence-electron chi connectivity index (χ1n) is 8.96. The van der Waals surface area contributed by atoms with Crippen molar-refractivity contribution in [2.24, 2.45) is 5.73 Å². The molecule has 0 saturated carbocycles. The third-order valence-electron chi connectivity index (χ3n) is 4.31. The monoisotopic (exact) mass is 290 g/mol. The third kappa shape index (κ3) is 7.61. The number of hydrogen-bond acceptors (Lipinski definition) is 2.